The number of carbonyl (C=O) groups excluding carboxylic acids is 1. The summed E-state index contributed by atoms with van der Waals surface area (Å²) in [5, 5.41) is 11.0. The smallest absolute Gasteiger partial charge is 0.318 e. The number of ether oxygens (including phenoxy) is 1. The molecule has 106 valence electrons. The maximum absolute atomic E-state index is 11.6. The molecule has 0 unspecified atom stereocenters. The van der Waals surface area contributed by atoms with Crippen molar-refractivity contribution in [2.24, 2.45) is 0 Å². The molecule has 2 heterocycles. The number of carbonyl (C=O) groups is 1. The van der Waals surface area contributed by atoms with E-state index in [1.165, 1.54) is 0 Å². The van der Waals surface area contributed by atoms with Crippen LogP contribution < -0.4 is 10.2 Å². The van der Waals surface area contributed by atoms with Crippen molar-refractivity contribution >= 4 is 11.9 Å². The van der Waals surface area contributed by atoms with Crippen LogP contribution in [0.5, 0.6) is 0 Å². The topological polar surface area (TPSA) is 83.7 Å². The fourth-order valence-corrected chi connectivity index (χ4v) is 1.74. The Morgan fingerprint density at radius 3 is 3.00 bits per heavy atom. The highest BCUT2D eigenvalue weighted by Gasteiger charge is 2.24. The Bertz CT molecular complexity index is 422. The summed E-state index contributed by atoms with van der Waals surface area (Å²) in [5.41, 5.74) is 0. The van der Waals surface area contributed by atoms with Gasteiger partial charge < -0.3 is 24.3 Å². The first-order valence-electron chi connectivity index (χ1n) is 6.21. The van der Waals surface area contributed by atoms with Gasteiger partial charge in [0.1, 0.15) is 6.54 Å². The van der Waals surface area contributed by atoms with Crippen molar-refractivity contribution in [2.45, 2.75) is 6.54 Å². The van der Waals surface area contributed by atoms with Gasteiger partial charge in [0.15, 0.2) is 0 Å². The number of nitrogens with zero attached hydrogens (tertiary/aromatic N) is 4. The van der Waals surface area contributed by atoms with Gasteiger partial charge in [0.05, 0.1) is 13.2 Å². The number of amides is 1. The van der Waals surface area contributed by atoms with Gasteiger partial charge in [-0.3, -0.25) is 4.79 Å². The number of piperazine rings is 1. The Labute approximate surface area is 111 Å². The number of hydrogen-bond acceptors (Lipinski definition) is 7. The molecule has 0 aliphatic carbocycles. The van der Waals surface area contributed by atoms with Crippen molar-refractivity contribution in [3.8, 4) is 0 Å². The Morgan fingerprint density at radius 2 is 2.26 bits per heavy atom. The van der Waals surface area contributed by atoms with Gasteiger partial charge in [0.2, 0.25) is 11.8 Å². The number of likely N-dealkylation sites (N-methyl/N-ethyl adjacent to an activating group) is 1. The van der Waals surface area contributed by atoms with Crippen LogP contribution in [0.1, 0.15) is 5.89 Å². The summed E-state index contributed by atoms with van der Waals surface area (Å²) in [5.74, 6) is 0.571. The Morgan fingerprint density at radius 1 is 1.42 bits per heavy atom. The molecule has 19 heavy (non-hydrogen) atoms. The molecular formula is C11H19N5O3. The molecule has 1 N–H and O–H groups in total. The predicted octanol–water partition coefficient (Wildman–Crippen LogP) is -0.916. The summed E-state index contributed by atoms with van der Waals surface area (Å²) < 4.78 is 10.4. The van der Waals surface area contributed by atoms with Gasteiger partial charge >= 0.3 is 6.01 Å². The minimum atomic E-state index is 0.0595. The minimum absolute atomic E-state index is 0.0595. The van der Waals surface area contributed by atoms with Crippen molar-refractivity contribution < 1.29 is 13.9 Å². The quantitative estimate of drug-likeness (QED) is 0.669. The molecule has 1 fully saturated rings. The Hall–Kier alpha value is -1.67. The molecule has 2 rings (SSSR count). The Kier molecular flexibility index (Phi) is 4.69. The van der Waals surface area contributed by atoms with Crippen LogP contribution in [0.3, 0.4) is 0 Å². The zero-order valence-corrected chi connectivity index (χ0v) is 11.3. The van der Waals surface area contributed by atoms with E-state index in [1.54, 1.807) is 24.0 Å². The van der Waals surface area contributed by atoms with Crippen molar-refractivity contribution in [2.75, 3.05) is 51.8 Å². The summed E-state index contributed by atoms with van der Waals surface area (Å²) in [6.07, 6.45) is 0. The molecule has 0 bridgehead atoms. The van der Waals surface area contributed by atoms with Crippen LogP contribution in [0.2, 0.25) is 0 Å². The molecule has 0 saturated carbocycles. The third-order valence-corrected chi connectivity index (χ3v) is 2.94. The third-order valence-electron chi connectivity index (χ3n) is 2.94. The van der Waals surface area contributed by atoms with E-state index in [0.717, 1.165) is 6.54 Å². The number of hydrogen-bond donors (Lipinski definition) is 1. The minimum Gasteiger partial charge on any atom is -0.407 e. The van der Waals surface area contributed by atoms with E-state index in [2.05, 4.69) is 15.5 Å². The number of rotatable bonds is 6. The SMILES string of the molecule is COCCNCc1nnc(N2CCN(C)C(=O)C2)o1. The molecule has 1 aromatic rings. The standard InChI is InChI=1S/C11H19N5O3/c1-15-4-5-16(8-10(15)17)11-14-13-9(19-11)7-12-3-6-18-2/h12H,3-8H2,1-2H3. The van der Waals surface area contributed by atoms with Crippen LogP contribution in [0, 0.1) is 0 Å². The second kappa shape index (κ2) is 6.48. The summed E-state index contributed by atoms with van der Waals surface area (Å²) in [6, 6.07) is 0.407. The summed E-state index contributed by atoms with van der Waals surface area (Å²) in [6.45, 7) is 3.52. The van der Waals surface area contributed by atoms with Crippen molar-refractivity contribution in [1.29, 1.82) is 0 Å². The lowest BCUT2D eigenvalue weighted by atomic mass is 10.3. The highest BCUT2D eigenvalue weighted by atomic mass is 16.5. The summed E-state index contributed by atoms with van der Waals surface area (Å²) in [7, 11) is 3.44. The normalized spacial score (nSPS) is 16.2. The lowest BCUT2D eigenvalue weighted by molar-refractivity contribution is -0.129. The fraction of sp³-hybridized carbons (Fsp3) is 0.727. The van der Waals surface area contributed by atoms with Crippen LogP contribution in [0.4, 0.5) is 6.01 Å². The van der Waals surface area contributed by atoms with E-state index in [9.17, 15) is 4.79 Å². The molecule has 8 heteroatoms. The van der Waals surface area contributed by atoms with Crippen LogP contribution in [0.15, 0.2) is 4.42 Å². The molecule has 1 aliphatic rings. The van der Waals surface area contributed by atoms with Gasteiger partial charge in [-0.05, 0) is 0 Å². The molecule has 1 saturated heterocycles. The highest BCUT2D eigenvalue weighted by molar-refractivity contribution is 5.81. The number of anilines is 1. The number of aromatic nitrogens is 2. The zero-order chi connectivity index (χ0) is 13.7. The second-order valence-electron chi connectivity index (χ2n) is 4.38. The molecule has 0 atom stereocenters. The van der Waals surface area contributed by atoms with E-state index in [0.29, 0.717) is 38.1 Å². The van der Waals surface area contributed by atoms with E-state index >= 15 is 0 Å². The van der Waals surface area contributed by atoms with Crippen molar-refractivity contribution in [3.63, 3.8) is 0 Å². The maximum Gasteiger partial charge on any atom is 0.318 e. The summed E-state index contributed by atoms with van der Waals surface area (Å²) >= 11 is 0. The first kappa shape index (κ1) is 13.8. The molecule has 0 aromatic carbocycles. The monoisotopic (exact) mass is 269 g/mol. The van der Waals surface area contributed by atoms with Gasteiger partial charge in [-0.1, -0.05) is 5.10 Å². The van der Waals surface area contributed by atoms with Crippen LogP contribution >= 0.6 is 0 Å². The molecule has 0 radical (unpaired) electrons. The van der Waals surface area contributed by atoms with Gasteiger partial charge in [0, 0.05) is 33.8 Å². The largest absolute Gasteiger partial charge is 0.407 e. The molecule has 0 spiro atoms. The first-order valence-corrected chi connectivity index (χ1v) is 6.21. The number of nitrogens with one attached hydrogen (secondary N) is 1. The maximum atomic E-state index is 11.6. The van der Waals surface area contributed by atoms with Crippen LogP contribution in [-0.2, 0) is 16.1 Å². The van der Waals surface area contributed by atoms with Gasteiger partial charge in [0.25, 0.3) is 0 Å². The second-order valence-corrected chi connectivity index (χ2v) is 4.38. The highest BCUT2D eigenvalue weighted by Crippen LogP contribution is 2.14. The van der Waals surface area contributed by atoms with E-state index in [1.807, 2.05) is 0 Å². The first-order chi connectivity index (χ1) is 9.20. The predicted molar refractivity (Wildman–Crippen MR) is 67.7 cm³/mol. The van der Waals surface area contributed by atoms with Crippen molar-refractivity contribution in [1.82, 2.24) is 20.4 Å². The van der Waals surface area contributed by atoms with Gasteiger partial charge in [-0.25, -0.2) is 0 Å². The van der Waals surface area contributed by atoms with Gasteiger partial charge in [-0.2, -0.15) is 0 Å². The van der Waals surface area contributed by atoms with E-state index < -0.39 is 0 Å². The lowest BCUT2D eigenvalue weighted by Gasteiger charge is -2.30. The van der Waals surface area contributed by atoms with Gasteiger partial charge in [-0.15, -0.1) is 5.10 Å². The number of methoxy groups -OCH3 is 1. The molecule has 1 amide bonds. The zero-order valence-electron chi connectivity index (χ0n) is 11.3. The van der Waals surface area contributed by atoms with E-state index in [4.69, 9.17) is 9.15 Å². The molecule has 8 nitrogen and oxygen atoms in total. The average molecular weight is 269 g/mol. The molecule has 1 aromatic heterocycles. The lowest BCUT2D eigenvalue weighted by Crippen LogP contribution is -2.48. The Balaban J connectivity index is 1.85. The van der Waals surface area contributed by atoms with Crippen molar-refractivity contribution in [3.05, 3.63) is 5.89 Å². The van der Waals surface area contributed by atoms with Crippen LogP contribution in [-0.4, -0.2) is 67.9 Å². The molecule has 1 aliphatic heterocycles. The average Bonchev–Trinajstić information content (AvgIpc) is 2.87. The molecular weight excluding hydrogens is 250 g/mol. The summed E-state index contributed by atoms with van der Waals surface area (Å²) in [4.78, 5) is 15.1. The fourth-order valence-electron chi connectivity index (χ4n) is 1.74. The third kappa shape index (κ3) is 3.65. The van der Waals surface area contributed by atoms with Crippen LogP contribution in [0.25, 0.3) is 0 Å². The van der Waals surface area contributed by atoms with E-state index in [-0.39, 0.29) is 12.5 Å².